The van der Waals surface area contributed by atoms with Crippen molar-refractivity contribution in [3.63, 3.8) is 0 Å². The molecule has 270 valence electrons. The van der Waals surface area contributed by atoms with Crippen LogP contribution in [0, 0.1) is 13.8 Å². The number of rotatable bonds is 10. The number of halogens is 5. The second kappa shape index (κ2) is 37.0. The molecular weight excluding hydrogens is 1020 g/mol. The molecule has 0 unspecified atom stereocenters. The summed E-state index contributed by atoms with van der Waals surface area (Å²) in [5.74, 6) is 1.33. The van der Waals surface area contributed by atoms with E-state index in [4.69, 9.17) is 9.47 Å². The minimum atomic E-state index is -3.25. The van der Waals surface area contributed by atoms with Crippen LogP contribution in [0.15, 0.2) is 24.2 Å². The molecule has 14 nitrogen and oxygen atoms in total. The molecule has 0 amide bonds. The zero-order valence-electron chi connectivity index (χ0n) is 28.3. The van der Waals surface area contributed by atoms with Crippen LogP contribution in [0.1, 0.15) is 59.8 Å². The number of aromatic nitrogens is 4. The SMILES string of the molecule is CCO/C=C(\C(=O)OCC)C(=O)C(F)F.CCOC(=O)c1c[nH][n+](C)c1C.CCOC(=O)c1cn(C)nc1C.CNN.[B].[B]I.[I][V][I]. The molecule has 0 aliphatic rings. The van der Waals surface area contributed by atoms with Crippen molar-refractivity contribution in [3.8, 4) is 0 Å². The maximum absolute atomic E-state index is 12.1. The molecule has 0 atom stereocenters. The number of alkyl halides is 2. The number of nitrogens with two attached hydrogens (primary N) is 1. The van der Waals surface area contributed by atoms with Gasteiger partial charge in [0.15, 0.2) is 12.8 Å². The second-order valence-corrected chi connectivity index (χ2v) is 19.6. The number of aromatic amines is 1. The Balaban J connectivity index is -0.000000172. The number of Topliss-reactive ketones (excluding diaryl/α,β-unsaturated/α-hetero) is 1. The Kier molecular flexibility index (Phi) is 43.2. The number of nitrogens with one attached hydrogen (secondary N) is 2. The van der Waals surface area contributed by atoms with Crippen LogP contribution in [0.5, 0.6) is 0 Å². The number of aryl methyl sites for hydroxylation is 3. The molecule has 0 bridgehead atoms. The number of ketones is 1. The van der Waals surface area contributed by atoms with Gasteiger partial charge in [0.25, 0.3) is 0 Å². The molecule has 22 heteroatoms. The van der Waals surface area contributed by atoms with Crippen molar-refractivity contribution < 1.29 is 61.1 Å². The van der Waals surface area contributed by atoms with Gasteiger partial charge < -0.3 is 18.9 Å². The van der Waals surface area contributed by atoms with E-state index in [1.165, 1.54) is 6.92 Å². The van der Waals surface area contributed by atoms with Gasteiger partial charge in [0.05, 0.1) is 38.3 Å². The number of hydrogen-bond acceptors (Lipinski definition) is 11. The Labute approximate surface area is 326 Å². The van der Waals surface area contributed by atoms with Crippen molar-refractivity contribution in [2.75, 3.05) is 33.5 Å². The third kappa shape index (κ3) is 26.6. The van der Waals surface area contributed by atoms with Gasteiger partial charge in [0.1, 0.15) is 23.0 Å². The molecule has 2 rings (SSSR count). The Hall–Kier alpha value is -1.28. The molecule has 2 aromatic heterocycles. The van der Waals surface area contributed by atoms with Crippen LogP contribution in [-0.4, -0.2) is 92.6 Å². The standard InChI is InChI=1S/C9H12F2O4.2C8H12N2O2.CH6N2.BI.B.2HI.V/c1-3-14-5-6(7(12)8(10)11)9(13)15-4-2;1-4-12-8(11)7-5-10(3)9-6(7)2;1-4-12-8(11)7-5-9-10(3)6(7)2;1-3-2;1-2;;;;/h5,8H,3-4H2,1-2H3;2*5H,4H2,1-3H3;3H,2H2,1H3;;;2*1H;/q;;;;;;;;+2/p-1/b6-5-;;;;;;;;. The fourth-order valence-corrected chi connectivity index (χ4v) is 2.67. The normalized spacial score (nSPS) is 9.29. The van der Waals surface area contributed by atoms with Gasteiger partial charge in [-0.1, -0.05) is 0 Å². The van der Waals surface area contributed by atoms with Gasteiger partial charge >= 0.3 is 73.8 Å². The summed E-state index contributed by atoms with van der Waals surface area (Å²) >= 11 is 6.39. The van der Waals surface area contributed by atoms with Crippen LogP contribution in [-0.2, 0) is 52.1 Å². The van der Waals surface area contributed by atoms with Gasteiger partial charge in [0, 0.05) is 28.6 Å². The van der Waals surface area contributed by atoms with Gasteiger partial charge in [-0.3, -0.25) is 20.7 Å². The monoisotopic (exact) mass is 1060 g/mol. The maximum atomic E-state index is 12.1. The Morgan fingerprint density at radius 2 is 1.48 bits per heavy atom. The average molecular weight is 1060 g/mol. The molecule has 2 heterocycles. The van der Waals surface area contributed by atoms with Crippen molar-refractivity contribution >= 4 is 100 Å². The zero-order valence-corrected chi connectivity index (χ0v) is 36.2. The first kappa shape index (κ1) is 56.1. The molecule has 0 fully saturated rings. The van der Waals surface area contributed by atoms with Crippen molar-refractivity contribution in [1.82, 2.24) is 20.3 Å². The third-order valence-corrected chi connectivity index (χ3v) is 4.63. The summed E-state index contributed by atoms with van der Waals surface area (Å²) in [5.41, 5.74) is 8.68. The second-order valence-electron chi connectivity index (χ2n) is 7.80. The summed E-state index contributed by atoms with van der Waals surface area (Å²) in [5, 5.41) is 6.92. The predicted octanol–water partition coefficient (Wildman–Crippen LogP) is 3.51. The first-order valence-corrected chi connectivity index (χ1v) is 23.7. The number of hydrazine groups is 1. The molecule has 48 heavy (non-hydrogen) atoms. The van der Waals surface area contributed by atoms with E-state index in [1.54, 1.807) is 85.9 Å². The van der Waals surface area contributed by atoms with E-state index in [2.05, 4.69) is 76.6 Å². The summed E-state index contributed by atoms with van der Waals surface area (Å²) in [6.45, 7) is 11.3. The van der Waals surface area contributed by atoms with Crippen molar-refractivity contribution in [2.45, 2.75) is 48.0 Å². The molecule has 0 aliphatic carbocycles. The third-order valence-electron chi connectivity index (χ3n) is 4.63. The molecule has 0 aromatic carbocycles. The number of carbonyl (C=O) groups is 4. The topological polar surface area (TPSA) is 181 Å². The van der Waals surface area contributed by atoms with Crippen LogP contribution in [0.4, 0.5) is 8.78 Å². The number of hydrogen-bond donors (Lipinski definition) is 3. The average Bonchev–Trinajstić information content (AvgIpc) is 3.55. The fourth-order valence-electron chi connectivity index (χ4n) is 2.67. The predicted molar refractivity (Wildman–Crippen MR) is 201 cm³/mol. The van der Waals surface area contributed by atoms with Gasteiger partial charge in [0.2, 0.25) is 11.5 Å². The molecule has 0 spiro atoms. The van der Waals surface area contributed by atoms with Crippen molar-refractivity contribution in [2.24, 2.45) is 19.9 Å². The molecule has 0 saturated heterocycles. The fraction of sp³-hybridized carbons (Fsp3) is 0.538. The summed E-state index contributed by atoms with van der Waals surface area (Å²) in [4.78, 5) is 44.4. The van der Waals surface area contributed by atoms with E-state index >= 15 is 0 Å². The van der Waals surface area contributed by atoms with E-state index in [9.17, 15) is 28.0 Å². The number of carbonyl (C=O) groups excluding carboxylic acids is 4. The van der Waals surface area contributed by atoms with E-state index in [0.29, 0.717) is 45.8 Å². The molecule has 5 radical (unpaired) electrons. The van der Waals surface area contributed by atoms with Crippen LogP contribution >= 0.6 is 62.3 Å². The van der Waals surface area contributed by atoms with Crippen LogP contribution in [0.25, 0.3) is 0 Å². The minimum absolute atomic E-state index is 0. The van der Waals surface area contributed by atoms with Crippen molar-refractivity contribution in [3.05, 3.63) is 46.7 Å². The van der Waals surface area contributed by atoms with Crippen LogP contribution in [0.3, 0.4) is 0 Å². The Bertz CT molecular complexity index is 1180. The van der Waals surface area contributed by atoms with Crippen LogP contribution < -0.4 is 16.0 Å². The van der Waals surface area contributed by atoms with Crippen molar-refractivity contribution in [1.29, 1.82) is 0 Å². The summed E-state index contributed by atoms with van der Waals surface area (Å²) < 4.78 is 46.2. The summed E-state index contributed by atoms with van der Waals surface area (Å²) in [6.07, 6.45) is 0.758. The summed E-state index contributed by atoms with van der Waals surface area (Å²) in [6, 6.07) is 0. The van der Waals surface area contributed by atoms with Gasteiger partial charge in [-0.25, -0.2) is 23.2 Å². The first-order valence-electron chi connectivity index (χ1n) is 13.4. The van der Waals surface area contributed by atoms with Gasteiger partial charge in [-0.05, 0) is 41.7 Å². The van der Waals surface area contributed by atoms with E-state index < -0.39 is 23.8 Å². The van der Waals surface area contributed by atoms with E-state index in [0.717, 1.165) is 5.69 Å². The number of nitrogens with zero attached hydrogens (tertiary/aromatic N) is 3. The van der Waals surface area contributed by atoms with E-state index in [1.807, 2.05) is 14.0 Å². The van der Waals surface area contributed by atoms with Gasteiger partial charge in [-0.2, -0.15) is 32.6 Å². The number of esters is 3. The van der Waals surface area contributed by atoms with Crippen LogP contribution in [0.2, 0.25) is 0 Å². The summed E-state index contributed by atoms with van der Waals surface area (Å²) in [7, 11) is 5.90. The number of ether oxygens (including phenoxy) is 4. The van der Waals surface area contributed by atoms with Gasteiger partial charge in [-0.15, -0.1) is 4.68 Å². The molecule has 4 N–H and O–H groups in total. The quantitative estimate of drug-likeness (QED) is 0.0271. The zero-order chi connectivity index (χ0) is 37.5. The first-order chi connectivity index (χ1) is 22.2. The Morgan fingerprint density at radius 1 is 1.04 bits per heavy atom. The van der Waals surface area contributed by atoms with E-state index in [-0.39, 0.29) is 33.6 Å². The molecular formula is C26H43B2F2I3N6O8V+. The molecule has 0 saturated carbocycles. The molecule has 0 aliphatic heterocycles. The molecule has 2 aromatic rings. The number of H-pyrrole nitrogens is 1. The Morgan fingerprint density at radius 3 is 1.79 bits per heavy atom.